The van der Waals surface area contributed by atoms with Gasteiger partial charge in [-0.2, -0.15) is 0 Å². The van der Waals surface area contributed by atoms with Gasteiger partial charge in [0.25, 0.3) is 5.56 Å². The van der Waals surface area contributed by atoms with E-state index in [0.29, 0.717) is 19.6 Å². The molecule has 1 aromatic heterocycles. The van der Waals surface area contributed by atoms with Gasteiger partial charge < -0.3 is 15.2 Å². The summed E-state index contributed by atoms with van der Waals surface area (Å²) < 4.78 is 1.61. The Morgan fingerprint density at radius 2 is 1.81 bits per heavy atom. The number of hydrogen-bond acceptors (Lipinski definition) is 3. The van der Waals surface area contributed by atoms with Gasteiger partial charge in [0.2, 0.25) is 5.91 Å². The van der Waals surface area contributed by atoms with Gasteiger partial charge in [0.05, 0.1) is 6.54 Å². The number of benzene rings is 1. The molecular formula is C16H19N3O2. The summed E-state index contributed by atoms with van der Waals surface area (Å²) in [6.07, 6.45) is 1.74. The Hall–Kier alpha value is -2.40. The molecule has 0 fully saturated rings. The van der Waals surface area contributed by atoms with Crippen molar-refractivity contribution < 1.29 is 4.79 Å². The maximum atomic E-state index is 11.7. The predicted octanol–water partition coefficient (Wildman–Crippen LogP) is 0.754. The summed E-state index contributed by atoms with van der Waals surface area (Å²) in [4.78, 5) is 23.1. The molecule has 5 nitrogen and oxygen atoms in total. The number of rotatable bonds is 7. The first kappa shape index (κ1) is 15.0. The Morgan fingerprint density at radius 1 is 1.05 bits per heavy atom. The second kappa shape index (κ2) is 8.01. The third kappa shape index (κ3) is 5.24. The third-order valence-electron chi connectivity index (χ3n) is 3.05. The lowest BCUT2D eigenvalue weighted by atomic mass is 10.2. The third-order valence-corrected chi connectivity index (χ3v) is 3.05. The molecule has 0 radical (unpaired) electrons. The summed E-state index contributed by atoms with van der Waals surface area (Å²) in [5.74, 6) is -0.0562. The van der Waals surface area contributed by atoms with Crippen LogP contribution >= 0.6 is 0 Å². The molecule has 0 unspecified atom stereocenters. The summed E-state index contributed by atoms with van der Waals surface area (Å²) in [5.41, 5.74) is 1.04. The fraction of sp³-hybridized carbons (Fsp3) is 0.250. The van der Waals surface area contributed by atoms with Gasteiger partial charge in [-0.1, -0.05) is 36.4 Å². The van der Waals surface area contributed by atoms with E-state index in [-0.39, 0.29) is 18.0 Å². The lowest BCUT2D eigenvalue weighted by Crippen LogP contribution is -2.35. The van der Waals surface area contributed by atoms with Crippen LogP contribution in [0.3, 0.4) is 0 Å². The second-order valence-electron chi connectivity index (χ2n) is 4.67. The quantitative estimate of drug-likeness (QED) is 0.738. The lowest BCUT2D eigenvalue weighted by molar-refractivity contribution is -0.120. The number of carbonyl (C=O) groups is 1. The largest absolute Gasteiger partial charge is 0.351 e. The molecule has 2 rings (SSSR count). The molecule has 0 saturated heterocycles. The molecule has 1 amide bonds. The standard InChI is InChI=1S/C16H19N3O2/c20-15(18-12-14-6-2-1-3-7-14)13-17-9-11-19-10-5-4-8-16(19)21/h1-8,10,17H,9,11-13H2,(H,18,20). The van der Waals surface area contributed by atoms with E-state index < -0.39 is 0 Å². The van der Waals surface area contributed by atoms with E-state index in [1.165, 1.54) is 6.07 Å². The zero-order valence-electron chi connectivity index (χ0n) is 11.8. The van der Waals surface area contributed by atoms with E-state index in [1.54, 1.807) is 16.8 Å². The van der Waals surface area contributed by atoms with Crippen LogP contribution in [0.25, 0.3) is 0 Å². The van der Waals surface area contributed by atoms with Crippen molar-refractivity contribution in [1.29, 1.82) is 0 Å². The van der Waals surface area contributed by atoms with Crippen LogP contribution in [0.2, 0.25) is 0 Å². The first-order chi connectivity index (χ1) is 10.3. The number of aromatic nitrogens is 1. The van der Waals surface area contributed by atoms with E-state index in [9.17, 15) is 9.59 Å². The predicted molar refractivity (Wildman–Crippen MR) is 81.9 cm³/mol. The zero-order chi connectivity index (χ0) is 14.9. The SMILES string of the molecule is O=C(CNCCn1ccccc1=O)NCc1ccccc1. The molecule has 110 valence electrons. The lowest BCUT2D eigenvalue weighted by Gasteiger charge is -2.08. The minimum atomic E-state index is -0.0562. The first-order valence-electron chi connectivity index (χ1n) is 6.92. The van der Waals surface area contributed by atoms with Gasteiger partial charge in [-0.25, -0.2) is 0 Å². The van der Waals surface area contributed by atoms with Crippen LogP contribution in [0.5, 0.6) is 0 Å². The molecule has 1 aromatic carbocycles. The average Bonchev–Trinajstić information content (AvgIpc) is 2.52. The fourth-order valence-electron chi connectivity index (χ4n) is 1.91. The van der Waals surface area contributed by atoms with Crippen molar-refractivity contribution in [3.05, 3.63) is 70.6 Å². The van der Waals surface area contributed by atoms with Crippen molar-refractivity contribution in [2.45, 2.75) is 13.1 Å². The molecule has 0 atom stereocenters. The van der Waals surface area contributed by atoms with Crippen LogP contribution < -0.4 is 16.2 Å². The maximum absolute atomic E-state index is 11.7. The summed E-state index contributed by atoms with van der Waals surface area (Å²) in [5, 5.41) is 5.86. The molecule has 0 aliphatic rings. The van der Waals surface area contributed by atoms with Gasteiger partial charge in [0.15, 0.2) is 0 Å². The molecule has 5 heteroatoms. The number of nitrogens with one attached hydrogen (secondary N) is 2. The average molecular weight is 285 g/mol. The Bertz CT molecular complexity index is 623. The van der Waals surface area contributed by atoms with E-state index in [2.05, 4.69) is 10.6 Å². The summed E-state index contributed by atoms with van der Waals surface area (Å²) in [6, 6.07) is 14.8. The molecule has 21 heavy (non-hydrogen) atoms. The number of carbonyl (C=O) groups excluding carboxylic acids is 1. The minimum absolute atomic E-state index is 0.0344. The van der Waals surface area contributed by atoms with Crippen LogP contribution in [0, 0.1) is 0 Å². The highest BCUT2D eigenvalue weighted by molar-refractivity contribution is 5.77. The van der Waals surface area contributed by atoms with Crippen molar-refractivity contribution in [2.75, 3.05) is 13.1 Å². The number of amides is 1. The van der Waals surface area contributed by atoms with Gasteiger partial charge >= 0.3 is 0 Å². The Labute approximate surface area is 123 Å². The van der Waals surface area contributed by atoms with Crippen molar-refractivity contribution in [3.8, 4) is 0 Å². The fourth-order valence-corrected chi connectivity index (χ4v) is 1.91. The van der Waals surface area contributed by atoms with E-state index in [4.69, 9.17) is 0 Å². The van der Waals surface area contributed by atoms with Crippen molar-refractivity contribution in [2.24, 2.45) is 0 Å². The van der Waals surface area contributed by atoms with Crippen LogP contribution in [0.4, 0.5) is 0 Å². The van der Waals surface area contributed by atoms with Crippen molar-refractivity contribution in [1.82, 2.24) is 15.2 Å². The van der Waals surface area contributed by atoms with Crippen molar-refractivity contribution in [3.63, 3.8) is 0 Å². The molecular weight excluding hydrogens is 266 g/mol. The van der Waals surface area contributed by atoms with Crippen LogP contribution in [-0.2, 0) is 17.9 Å². The highest BCUT2D eigenvalue weighted by Crippen LogP contribution is 1.96. The van der Waals surface area contributed by atoms with Crippen LogP contribution in [0.1, 0.15) is 5.56 Å². The first-order valence-corrected chi connectivity index (χ1v) is 6.92. The zero-order valence-corrected chi connectivity index (χ0v) is 11.8. The molecule has 2 N–H and O–H groups in total. The van der Waals surface area contributed by atoms with E-state index in [1.807, 2.05) is 36.4 Å². The topological polar surface area (TPSA) is 63.1 Å². The number of pyridine rings is 1. The highest BCUT2D eigenvalue weighted by atomic mass is 16.2. The summed E-state index contributed by atoms with van der Waals surface area (Å²) >= 11 is 0. The minimum Gasteiger partial charge on any atom is -0.351 e. The molecule has 0 spiro atoms. The smallest absolute Gasteiger partial charge is 0.250 e. The Morgan fingerprint density at radius 3 is 2.57 bits per heavy atom. The molecule has 1 heterocycles. The Balaban J connectivity index is 1.63. The number of nitrogens with zero attached hydrogens (tertiary/aromatic N) is 1. The highest BCUT2D eigenvalue weighted by Gasteiger charge is 2.00. The summed E-state index contributed by atoms with van der Waals surface area (Å²) in [7, 11) is 0. The Kier molecular flexibility index (Phi) is 5.72. The molecule has 0 saturated carbocycles. The normalized spacial score (nSPS) is 10.3. The van der Waals surface area contributed by atoms with Gasteiger partial charge in [-0.05, 0) is 11.6 Å². The van der Waals surface area contributed by atoms with Gasteiger partial charge in [0, 0.05) is 31.9 Å². The maximum Gasteiger partial charge on any atom is 0.250 e. The molecule has 2 aromatic rings. The van der Waals surface area contributed by atoms with E-state index in [0.717, 1.165) is 5.56 Å². The van der Waals surface area contributed by atoms with Gasteiger partial charge in [-0.3, -0.25) is 9.59 Å². The van der Waals surface area contributed by atoms with E-state index >= 15 is 0 Å². The van der Waals surface area contributed by atoms with Crippen molar-refractivity contribution >= 4 is 5.91 Å². The van der Waals surface area contributed by atoms with Crippen LogP contribution in [0.15, 0.2) is 59.5 Å². The second-order valence-corrected chi connectivity index (χ2v) is 4.67. The monoisotopic (exact) mass is 285 g/mol. The molecule has 0 aliphatic carbocycles. The molecule has 0 bridgehead atoms. The van der Waals surface area contributed by atoms with Gasteiger partial charge in [-0.15, -0.1) is 0 Å². The number of hydrogen-bond donors (Lipinski definition) is 2. The summed E-state index contributed by atoms with van der Waals surface area (Å²) in [6.45, 7) is 1.89. The van der Waals surface area contributed by atoms with Gasteiger partial charge in [0.1, 0.15) is 0 Å². The molecule has 0 aliphatic heterocycles. The van der Waals surface area contributed by atoms with Crippen LogP contribution in [-0.4, -0.2) is 23.6 Å².